The van der Waals surface area contributed by atoms with Crippen LogP contribution in [0.3, 0.4) is 0 Å². The van der Waals surface area contributed by atoms with E-state index in [1.807, 2.05) is 0 Å². The highest BCUT2D eigenvalue weighted by atomic mass is 32.2. The monoisotopic (exact) mass is 258 g/mol. The van der Waals surface area contributed by atoms with E-state index in [1.165, 1.54) is 0 Å². The van der Waals surface area contributed by atoms with Gasteiger partial charge in [-0.15, -0.1) is 0 Å². The number of nitrogen functional groups attached to an aromatic ring is 1. The van der Waals surface area contributed by atoms with Crippen LogP contribution in [0.5, 0.6) is 0 Å². The minimum Gasteiger partial charge on any atom is -0.397 e. The second kappa shape index (κ2) is 5.48. The first-order valence-electron chi connectivity index (χ1n) is 5.36. The van der Waals surface area contributed by atoms with Gasteiger partial charge in [-0.05, 0) is 31.4 Å². The zero-order valence-electron chi connectivity index (χ0n) is 10.0. The summed E-state index contributed by atoms with van der Waals surface area (Å²) in [5.74, 6) is 0. The maximum Gasteiger partial charge on any atom is 0.242 e. The van der Waals surface area contributed by atoms with Crippen LogP contribution in [-0.2, 0) is 10.0 Å². The molecule has 1 rings (SSSR count). The smallest absolute Gasteiger partial charge is 0.242 e. The lowest BCUT2D eigenvalue weighted by molar-refractivity contribution is 0.289. The normalized spacial score (nSPS) is 11.7. The molecule has 0 aliphatic carbocycles. The number of hydrogen-bond acceptors (Lipinski definition) is 4. The van der Waals surface area contributed by atoms with Crippen molar-refractivity contribution in [1.29, 1.82) is 0 Å². The summed E-state index contributed by atoms with van der Waals surface area (Å²) in [5, 5.41) is 8.63. The lowest BCUT2D eigenvalue weighted by atomic mass is 10.1. The standard InChI is InChI=1S/C11H18N2O3S/c1-8-4-5-9(2)11(10(8)12)17(15,16)13-6-3-7-14/h4-5,13-14H,3,6-7,12H2,1-2H3. The maximum absolute atomic E-state index is 12.0. The van der Waals surface area contributed by atoms with Crippen LogP contribution in [0.25, 0.3) is 0 Å². The number of rotatable bonds is 5. The highest BCUT2D eigenvalue weighted by Gasteiger charge is 2.20. The molecule has 96 valence electrons. The van der Waals surface area contributed by atoms with Gasteiger partial charge in [0.1, 0.15) is 4.90 Å². The van der Waals surface area contributed by atoms with Crippen molar-refractivity contribution in [2.75, 3.05) is 18.9 Å². The third-order valence-corrected chi connectivity index (χ3v) is 4.17. The molecule has 0 saturated carbocycles. The first kappa shape index (κ1) is 14.0. The molecule has 0 aliphatic heterocycles. The Morgan fingerprint density at radius 1 is 1.29 bits per heavy atom. The summed E-state index contributed by atoms with van der Waals surface area (Å²) in [4.78, 5) is 0.135. The Kier molecular flexibility index (Phi) is 4.50. The summed E-state index contributed by atoms with van der Waals surface area (Å²) >= 11 is 0. The first-order chi connectivity index (χ1) is 7.90. The number of nitrogens with two attached hydrogens (primary N) is 1. The van der Waals surface area contributed by atoms with Crippen molar-refractivity contribution in [2.45, 2.75) is 25.2 Å². The number of nitrogens with one attached hydrogen (secondary N) is 1. The fourth-order valence-corrected chi connectivity index (χ4v) is 3.02. The number of hydrogen-bond donors (Lipinski definition) is 3. The zero-order chi connectivity index (χ0) is 13.1. The molecule has 1 aromatic rings. The van der Waals surface area contributed by atoms with Crippen molar-refractivity contribution < 1.29 is 13.5 Å². The van der Waals surface area contributed by atoms with E-state index in [-0.39, 0.29) is 23.7 Å². The Balaban J connectivity index is 3.11. The fourth-order valence-electron chi connectivity index (χ4n) is 1.52. The van der Waals surface area contributed by atoms with Crippen LogP contribution in [0.2, 0.25) is 0 Å². The molecule has 0 heterocycles. The largest absolute Gasteiger partial charge is 0.397 e. The summed E-state index contributed by atoms with van der Waals surface area (Å²) in [6.45, 7) is 3.62. The molecule has 0 amide bonds. The topological polar surface area (TPSA) is 92.4 Å². The highest BCUT2D eigenvalue weighted by Crippen LogP contribution is 2.25. The molecule has 0 atom stereocenters. The van der Waals surface area contributed by atoms with E-state index in [4.69, 9.17) is 10.8 Å². The SMILES string of the molecule is Cc1ccc(C)c(S(=O)(=O)NCCCO)c1N. The minimum atomic E-state index is -3.60. The third kappa shape index (κ3) is 3.18. The van der Waals surface area contributed by atoms with E-state index in [1.54, 1.807) is 26.0 Å². The average Bonchev–Trinajstić information content (AvgIpc) is 2.24. The summed E-state index contributed by atoms with van der Waals surface area (Å²) in [7, 11) is -3.60. The second-order valence-corrected chi connectivity index (χ2v) is 5.62. The molecule has 4 N–H and O–H groups in total. The molecule has 0 bridgehead atoms. The molecule has 5 nitrogen and oxygen atoms in total. The Morgan fingerprint density at radius 2 is 1.88 bits per heavy atom. The number of sulfonamides is 1. The predicted molar refractivity (Wildman–Crippen MR) is 67.2 cm³/mol. The number of benzene rings is 1. The lowest BCUT2D eigenvalue weighted by Gasteiger charge is -2.13. The van der Waals surface area contributed by atoms with Gasteiger partial charge in [0, 0.05) is 13.2 Å². The van der Waals surface area contributed by atoms with Gasteiger partial charge >= 0.3 is 0 Å². The van der Waals surface area contributed by atoms with E-state index in [2.05, 4.69) is 4.72 Å². The zero-order valence-corrected chi connectivity index (χ0v) is 10.8. The molecule has 17 heavy (non-hydrogen) atoms. The van der Waals surface area contributed by atoms with Crippen LogP contribution in [0.15, 0.2) is 17.0 Å². The molecule has 0 aliphatic rings. The molecule has 0 spiro atoms. The van der Waals surface area contributed by atoms with Crippen LogP contribution in [-0.4, -0.2) is 26.7 Å². The molecule has 0 saturated heterocycles. The van der Waals surface area contributed by atoms with Crippen molar-refractivity contribution >= 4 is 15.7 Å². The number of aryl methyl sites for hydroxylation is 2. The van der Waals surface area contributed by atoms with E-state index in [9.17, 15) is 8.42 Å². The number of anilines is 1. The molecule has 0 aromatic heterocycles. The molecule has 0 unspecified atom stereocenters. The Hall–Kier alpha value is -1.11. The molecule has 0 fully saturated rings. The van der Waals surface area contributed by atoms with Crippen molar-refractivity contribution in [1.82, 2.24) is 4.72 Å². The molecule has 1 aromatic carbocycles. The van der Waals surface area contributed by atoms with Crippen LogP contribution in [0.4, 0.5) is 5.69 Å². The quantitative estimate of drug-likeness (QED) is 0.531. The Bertz CT molecular complexity index is 498. The van der Waals surface area contributed by atoms with Crippen molar-refractivity contribution in [3.63, 3.8) is 0 Å². The van der Waals surface area contributed by atoms with Crippen LogP contribution in [0.1, 0.15) is 17.5 Å². The van der Waals surface area contributed by atoms with Crippen LogP contribution >= 0.6 is 0 Å². The minimum absolute atomic E-state index is 0.0508. The third-order valence-electron chi connectivity index (χ3n) is 2.51. The van der Waals surface area contributed by atoms with Crippen LogP contribution in [0, 0.1) is 13.8 Å². The Labute approximate surface area is 102 Å². The summed E-state index contributed by atoms with van der Waals surface area (Å²) in [5.41, 5.74) is 7.43. The van der Waals surface area contributed by atoms with Gasteiger partial charge in [-0.1, -0.05) is 12.1 Å². The van der Waals surface area contributed by atoms with Gasteiger partial charge in [-0.25, -0.2) is 13.1 Å². The highest BCUT2D eigenvalue weighted by molar-refractivity contribution is 7.89. The van der Waals surface area contributed by atoms with E-state index >= 15 is 0 Å². The van der Waals surface area contributed by atoms with E-state index in [0.29, 0.717) is 12.0 Å². The van der Waals surface area contributed by atoms with E-state index in [0.717, 1.165) is 5.56 Å². The van der Waals surface area contributed by atoms with Gasteiger partial charge < -0.3 is 10.8 Å². The van der Waals surface area contributed by atoms with Gasteiger partial charge in [-0.2, -0.15) is 0 Å². The molecule has 6 heteroatoms. The number of aliphatic hydroxyl groups excluding tert-OH is 1. The van der Waals surface area contributed by atoms with Crippen molar-refractivity contribution in [3.05, 3.63) is 23.3 Å². The summed E-state index contributed by atoms with van der Waals surface area (Å²) < 4.78 is 26.5. The van der Waals surface area contributed by atoms with Crippen molar-refractivity contribution in [2.24, 2.45) is 0 Å². The lowest BCUT2D eigenvalue weighted by Crippen LogP contribution is -2.27. The number of aliphatic hydroxyl groups is 1. The van der Waals surface area contributed by atoms with Gasteiger partial charge in [0.25, 0.3) is 0 Å². The first-order valence-corrected chi connectivity index (χ1v) is 6.84. The van der Waals surface area contributed by atoms with Gasteiger partial charge in [0.15, 0.2) is 0 Å². The molecular weight excluding hydrogens is 240 g/mol. The Morgan fingerprint density at radius 3 is 2.47 bits per heavy atom. The van der Waals surface area contributed by atoms with Gasteiger partial charge in [0.2, 0.25) is 10.0 Å². The summed E-state index contributed by atoms with van der Waals surface area (Å²) in [6, 6.07) is 3.52. The molecular formula is C11H18N2O3S. The van der Waals surface area contributed by atoms with Crippen LogP contribution < -0.4 is 10.5 Å². The maximum atomic E-state index is 12.0. The van der Waals surface area contributed by atoms with Gasteiger partial charge in [0.05, 0.1) is 5.69 Å². The van der Waals surface area contributed by atoms with Crippen molar-refractivity contribution in [3.8, 4) is 0 Å². The second-order valence-electron chi connectivity index (χ2n) is 3.92. The fraction of sp³-hybridized carbons (Fsp3) is 0.455. The predicted octanol–water partition coefficient (Wildman–Crippen LogP) is 0.546. The molecule has 0 radical (unpaired) electrons. The average molecular weight is 258 g/mol. The van der Waals surface area contributed by atoms with E-state index < -0.39 is 10.0 Å². The summed E-state index contributed by atoms with van der Waals surface area (Å²) in [6.07, 6.45) is 0.379. The van der Waals surface area contributed by atoms with Gasteiger partial charge in [-0.3, -0.25) is 0 Å².